The molecule has 0 amide bonds. The monoisotopic (exact) mass is 168 g/mol. The number of benzene rings is 1. The van der Waals surface area contributed by atoms with E-state index in [4.69, 9.17) is 16.7 Å². The van der Waals surface area contributed by atoms with E-state index in [1.807, 2.05) is 0 Å². The molecule has 0 spiro atoms. The highest BCUT2D eigenvalue weighted by atomic mass is 35.5. The van der Waals surface area contributed by atoms with Crippen LogP contribution in [0.25, 0.3) is 10.9 Å². The average molecular weight is 169 g/mol. The lowest BCUT2D eigenvalue weighted by Gasteiger charge is -1.89. The third-order valence-corrected chi connectivity index (χ3v) is 1.78. The van der Waals surface area contributed by atoms with Crippen molar-refractivity contribution in [3.05, 3.63) is 23.4 Å². The Balaban J connectivity index is 2.86. The second kappa shape index (κ2) is 2.13. The number of rotatable bonds is 0. The number of hydrogen-bond donors (Lipinski definition) is 2. The van der Waals surface area contributed by atoms with E-state index in [0.29, 0.717) is 10.7 Å². The predicted molar refractivity (Wildman–Crippen MR) is 42.8 cm³/mol. The molecule has 2 rings (SSSR count). The molecule has 0 aliphatic carbocycles. The van der Waals surface area contributed by atoms with E-state index in [1.54, 1.807) is 18.2 Å². The first kappa shape index (κ1) is 6.49. The van der Waals surface area contributed by atoms with Crippen LogP contribution in [0.4, 0.5) is 0 Å². The molecule has 0 radical (unpaired) electrons. The topological polar surface area (TPSA) is 48.9 Å². The first-order valence-corrected chi connectivity index (χ1v) is 3.48. The van der Waals surface area contributed by atoms with Gasteiger partial charge in [-0.15, -0.1) is 0 Å². The molecule has 1 aromatic carbocycles. The maximum absolute atomic E-state index is 9.04. The Kier molecular flexibility index (Phi) is 1.26. The van der Waals surface area contributed by atoms with E-state index in [0.717, 1.165) is 5.39 Å². The van der Waals surface area contributed by atoms with Crippen molar-refractivity contribution < 1.29 is 5.11 Å². The Hall–Kier alpha value is -1.22. The Labute approximate surface area is 67.6 Å². The predicted octanol–water partition coefficient (Wildman–Crippen LogP) is 1.92. The first-order valence-electron chi connectivity index (χ1n) is 3.10. The van der Waals surface area contributed by atoms with E-state index in [2.05, 4.69) is 10.2 Å². The summed E-state index contributed by atoms with van der Waals surface area (Å²) in [5, 5.41) is 16.8. The summed E-state index contributed by atoms with van der Waals surface area (Å²) in [6, 6.07) is 4.85. The van der Waals surface area contributed by atoms with Gasteiger partial charge in [-0.25, -0.2) is 0 Å². The molecule has 0 bridgehead atoms. The summed E-state index contributed by atoms with van der Waals surface area (Å²) >= 11 is 5.73. The van der Waals surface area contributed by atoms with Crippen LogP contribution < -0.4 is 0 Å². The molecule has 0 aliphatic rings. The zero-order chi connectivity index (χ0) is 7.84. The Morgan fingerprint density at radius 1 is 1.45 bits per heavy atom. The minimum absolute atomic E-state index is 0.195. The van der Waals surface area contributed by atoms with Gasteiger partial charge in [-0.05, 0) is 12.1 Å². The quantitative estimate of drug-likeness (QED) is 0.632. The van der Waals surface area contributed by atoms with Crippen molar-refractivity contribution in [3.8, 4) is 5.75 Å². The molecule has 4 heteroatoms. The smallest absolute Gasteiger partial charge is 0.132 e. The standard InChI is InChI=1S/C7H5ClN2O/c8-7-5-2-1-4(11)3-6(5)9-10-7/h1-3,11H,(H,9,10). The van der Waals surface area contributed by atoms with Crippen LogP contribution in [0.3, 0.4) is 0 Å². The van der Waals surface area contributed by atoms with Crippen LogP contribution in [0.2, 0.25) is 5.15 Å². The highest BCUT2D eigenvalue weighted by Gasteiger charge is 2.01. The summed E-state index contributed by atoms with van der Waals surface area (Å²) in [5.74, 6) is 0.195. The second-order valence-corrected chi connectivity index (χ2v) is 2.62. The molecule has 1 heterocycles. The molecule has 11 heavy (non-hydrogen) atoms. The highest BCUT2D eigenvalue weighted by Crippen LogP contribution is 2.23. The van der Waals surface area contributed by atoms with Crippen LogP contribution in [0.5, 0.6) is 5.75 Å². The fraction of sp³-hybridized carbons (Fsp3) is 0. The van der Waals surface area contributed by atoms with Gasteiger partial charge in [0.2, 0.25) is 0 Å². The van der Waals surface area contributed by atoms with Crippen molar-refractivity contribution in [2.45, 2.75) is 0 Å². The zero-order valence-electron chi connectivity index (χ0n) is 5.50. The van der Waals surface area contributed by atoms with Gasteiger partial charge in [-0.3, -0.25) is 5.10 Å². The summed E-state index contributed by atoms with van der Waals surface area (Å²) in [4.78, 5) is 0. The van der Waals surface area contributed by atoms with Crippen LogP contribution in [0.15, 0.2) is 18.2 Å². The summed E-state index contributed by atoms with van der Waals surface area (Å²) in [5.41, 5.74) is 0.676. The maximum Gasteiger partial charge on any atom is 0.132 e. The molecular formula is C7H5ClN2O. The van der Waals surface area contributed by atoms with Gasteiger partial charge < -0.3 is 5.11 Å². The molecule has 0 saturated heterocycles. The summed E-state index contributed by atoms with van der Waals surface area (Å²) < 4.78 is 0. The lowest BCUT2D eigenvalue weighted by Crippen LogP contribution is -1.67. The van der Waals surface area contributed by atoms with Crippen molar-refractivity contribution >= 4 is 22.5 Å². The molecule has 0 saturated carbocycles. The SMILES string of the molecule is Oc1ccc2c(Cl)[nH]nc2c1. The summed E-state index contributed by atoms with van der Waals surface area (Å²) in [6.07, 6.45) is 0. The Morgan fingerprint density at radius 3 is 3.09 bits per heavy atom. The largest absolute Gasteiger partial charge is 0.508 e. The number of aromatic hydroxyl groups is 1. The molecule has 2 aromatic rings. The number of halogens is 1. The average Bonchev–Trinajstić information content (AvgIpc) is 2.32. The van der Waals surface area contributed by atoms with Crippen molar-refractivity contribution in [2.75, 3.05) is 0 Å². The fourth-order valence-electron chi connectivity index (χ4n) is 0.968. The molecular weight excluding hydrogens is 164 g/mol. The van der Waals surface area contributed by atoms with Gasteiger partial charge in [0, 0.05) is 11.5 Å². The van der Waals surface area contributed by atoms with E-state index >= 15 is 0 Å². The van der Waals surface area contributed by atoms with Crippen LogP contribution >= 0.6 is 11.6 Å². The van der Waals surface area contributed by atoms with Crippen molar-refractivity contribution in [1.29, 1.82) is 0 Å². The number of fused-ring (bicyclic) bond motifs is 1. The highest BCUT2D eigenvalue weighted by molar-refractivity contribution is 6.34. The van der Waals surface area contributed by atoms with Gasteiger partial charge in [0.05, 0.1) is 5.52 Å². The minimum Gasteiger partial charge on any atom is -0.508 e. The second-order valence-electron chi connectivity index (χ2n) is 2.24. The van der Waals surface area contributed by atoms with Crippen LogP contribution in [0, 0.1) is 0 Å². The van der Waals surface area contributed by atoms with E-state index < -0.39 is 0 Å². The number of phenols is 1. The molecule has 3 nitrogen and oxygen atoms in total. The summed E-state index contributed by atoms with van der Waals surface area (Å²) in [6.45, 7) is 0. The molecule has 0 unspecified atom stereocenters. The number of aromatic nitrogens is 2. The lowest BCUT2D eigenvalue weighted by atomic mass is 10.2. The van der Waals surface area contributed by atoms with Gasteiger partial charge >= 0.3 is 0 Å². The zero-order valence-corrected chi connectivity index (χ0v) is 6.26. The van der Waals surface area contributed by atoms with E-state index in [-0.39, 0.29) is 5.75 Å². The normalized spacial score (nSPS) is 10.6. The van der Waals surface area contributed by atoms with Crippen molar-refractivity contribution in [3.63, 3.8) is 0 Å². The van der Waals surface area contributed by atoms with Gasteiger partial charge in [0.25, 0.3) is 0 Å². The third-order valence-electron chi connectivity index (χ3n) is 1.49. The molecule has 0 fully saturated rings. The van der Waals surface area contributed by atoms with E-state index in [1.165, 1.54) is 0 Å². The first-order chi connectivity index (χ1) is 5.27. The Bertz CT molecular complexity index is 396. The van der Waals surface area contributed by atoms with Crippen LogP contribution in [0.1, 0.15) is 0 Å². The minimum atomic E-state index is 0.195. The third kappa shape index (κ3) is 0.935. The lowest BCUT2D eigenvalue weighted by molar-refractivity contribution is 0.476. The molecule has 0 aliphatic heterocycles. The van der Waals surface area contributed by atoms with Gasteiger partial charge in [0.1, 0.15) is 10.9 Å². The van der Waals surface area contributed by atoms with Gasteiger partial charge in [0.15, 0.2) is 0 Å². The molecule has 2 N–H and O–H groups in total. The number of aromatic amines is 1. The number of nitrogens with one attached hydrogen (secondary N) is 1. The van der Waals surface area contributed by atoms with Crippen LogP contribution in [-0.2, 0) is 0 Å². The summed E-state index contributed by atoms with van der Waals surface area (Å²) in [7, 11) is 0. The van der Waals surface area contributed by atoms with Crippen molar-refractivity contribution in [2.24, 2.45) is 0 Å². The number of phenolic OH excluding ortho intramolecular Hbond substituents is 1. The molecule has 1 aromatic heterocycles. The van der Waals surface area contributed by atoms with Gasteiger partial charge in [-0.1, -0.05) is 11.6 Å². The van der Waals surface area contributed by atoms with E-state index in [9.17, 15) is 0 Å². The van der Waals surface area contributed by atoms with Crippen molar-refractivity contribution in [1.82, 2.24) is 10.2 Å². The fourth-order valence-corrected chi connectivity index (χ4v) is 1.17. The maximum atomic E-state index is 9.04. The molecule has 0 atom stereocenters. The van der Waals surface area contributed by atoms with Gasteiger partial charge in [-0.2, -0.15) is 5.10 Å². The number of hydrogen-bond acceptors (Lipinski definition) is 2. The molecule has 56 valence electrons. The number of nitrogens with zero attached hydrogens (tertiary/aromatic N) is 1. The number of H-pyrrole nitrogens is 1. The van der Waals surface area contributed by atoms with Crippen LogP contribution in [-0.4, -0.2) is 15.3 Å². The Morgan fingerprint density at radius 2 is 2.27 bits per heavy atom.